The van der Waals surface area contributed by atoms with Crippen molar-refractivity contribution in [3.63, 3.8) is 0 Å². The van der Waals surface area contributed by atoms with Gasteiger partial charge in [-0.05, 0) is 95.9 Å². The number of imidazole rings is 2. The summed E-state index contributed by atoms with van der Waals surface area (Å²) in [6.07, 6.45) is 5.82. The summed E-state index contributed by atoms with van der Waals surface area (Å²) in [5.41, 5.74) is 4.89. The van der Waals surface area contributed by atoms with Gasteiger partial charge in [-0.2, -0.15) is 0 Å². The van der Waals surface area contributed by atoms with Crippen LogP contribution in [0.15, 0.2) is 48.7 Å². The molecule has 2 N–H and O–H groups in total. The van der Waals surface area contributed by atoms with Gasteiger partial charge < -0.3 is 24.3 Å². The van der Waals surface area contributed by atoms with Crippen molar-refractivity contribution in [1.82, 2.24) is 29.7 Å². The van der Waals surface area contributed by atoms with Crippen LogP contribution in [0.25, 0.3) is 33.4 Å². The molecule has 2 aromatic carbocycles. The second-order valence-corrected chi connectivity index (χ2v) is 15.3. The summed E-state index contributed by atoms with van der Waals surface area (Å²) >= 11 is 1.62. The standard InChI is InChI=1S/C35H44N6O4S/c1-33(2,3)44-31(42)40-18-15-25(21-40)29-37-26-14-13-24(19-27(26)38-29)22-9-11-23(12-10-22)28-20-36-30(39-28)35(46-7)16-8-17-41(35)32(43)45-34(4,5)6/h9-14,19-20,25H,8,15-18,21H2,1-7H3,(H,36,39)(H,37,38). The van der Waals surface area contributed by atoms with E-state index in [0.29, 0.717) is 19.6 Å². The van der Waals surface area contributed by atoms with E-state index in [-0.39, 0.29) is 18.1 Å². The first-order valence-corrected chi connectivity index (χ1v) is 17.2. The fraction of sp³-hybridized carbons (Fsp3) is 0.486. The maximum atomic E-state index is 13.1. The molecule has 2 fully saturated rings. The molecule has 2 aliphatic heterocycles. The topological polar surface area (TPSA) is 116 Å². The van der Waals surface area contributed by atoms with Crippen LogP contribution in [0.1, 0.15) is 78.4 Å². The lowest BCUT2D eigenvalue weighted by Crippen LogP contribution is -2.45. The lowest BCUT2D eigenvalue weighted by Gasteiger charge is -2.36. The number of nitrogens with one attached hydrogen (secondary N) is 2. The Morgan fingerprint density at radius 3 is 2.28 bits per heavy atom. The second kappa shape index (κ2) is 12.0. The number of nitrogens with zero attached hydrogens (tertiary/aromatic N) is 4. The van der Waals surface area contributed by atoms with Crippen molar-refractivity contribution < 1.29 is 19.1 Å². The Bertz CT molecular complexity index is 1730. The number of H-pyrrole nitrogens is 2. The number of hydrogen-bond acceptors (Lipinski definition) is 7. The molecule has 4 aromatic rings. The van der Waals surface area contributed by atoms with Crippen molar-refractivity contribution in [2.45, 2.75) is 82.8 Å². The number of likely N-dealkylation sites (tertiary alicyclic amines) is 2. The van der Waals surface area contributed by atoms with E-state index in [4.69, 9.17) is 19.4 Å². The number of fused-ring (bicyclic) bond motifs is 1. The molecule has 0 saturated carbocycles. The van der Waals surface area contributed by atoms with Crippen LogP contribution in [0.5, 0.6) is 0 Å². The predicted octanol–water partition coefficient (Wildman–Crippen LogP) is 7.89. The van der Waals surface area contributed by atoms with E-state index >= 15 is 0 Å². The summed E-state index contributed by atoms with van der Waals surface area (Å²) in [7, 11) is 0. The zero-order valence-corrected chi connectivity index (χ0v) is 28.6. The lowest BCUT2D eigenvalue weighted by atomic mass is 10.0. The first kappa shape index (κ1) is 32.0. The van der Waals surface area contributed by atoms with E-state index in [1.54, 1.807) is 16.7 Å². The lowest BCUT2D eigenvalue weighted by molar-refractivity contribution is 0.0182. The van der Waals surface area contributed by atoms with Crippen molar-refractivity contribution in [2.24, 2.45) is 0 Å². The molecule has 0 aliphatic carbocycles. The highest BCUT2D eigenvalue weighted by Gasteiger charge is 2.48. The number of thioether (sulfide) groups is 1. The number of amides is 2. The molecule has 10 nitrogen and oxygen atoms in total. The summed E-state index contributed by atoms with van der Waals surface area (Å²) in [5, 5.41) is 0. The molecule has 0 radical (unpaired) electrons. The van der Waals surface area contributed by atoms with Crippen LogP contribution in [0.3, 0.4) is 0 Å². The monoisotopic (exact) mass is 644 g/mol. The highest BCUT2D eigenvalue weighted by Crippen LogP contribution is 2.46. The van der Waals surface area contributed by atoms with Gasteiger partial charge in [0, 0.05) is 25.6 Å². The summed E-state index contributed by atoms with van der Waals surface area (Å²) in [6, 6.07) is 14.7. The van der Waals surface area contributed by atoms with Gasteiger partial charge in [-0.1, -0.05) is 30.3 Å². The van der Waals surface area contributed by atoms with Crippen LogP contribution in [-0.4, -0.2) is 79.0 Å². The molecule has 2 atom stereocenters. The third-order valence-electron chi connectivity index (χ3n) is 8.49. The van der Waals surface area contributed by atoms with Gasteiger partial charge in [0.2, 0.25) is 0 Å². The van der Waals surface area contributed by atoms with Crippen LogP contribution in [-0.2, 0) is 14.3 Å². The smallest absolute Gasteiger partial charge is 0.411 e. The third kappa shape index (κ3) is 6.47. The number of carbonyl (C=O) groups excluding carboxylic acids is 2. The van der Waals surface area contributed by atoms with Gasteiger partial charge in [-0.3, -0.25) is 4.90 Å². The van der Waals surface area contributed by atoms with Crippen molar-refractivity contribution >= 4 is 35.0 Å². The van der Waals surface area contributed by atoms with E-state index in [1.807, 2.05) is 65.0 Å². The maximum absolute atomic E-state index is 13.1. The molecule has 2 saturated heterocycles. The fourth-order valence-corrected chi connectivity index (χ4v) is 7.32. The zero-order chi connectivity index (χ0) is 32.9. The van der Waals surface area contributed by atoms with Gasteiger partial charge in [0.05, 0.1) is 22.9 Å². The number of carbonyl (C=O) groups is 2. The van der Waals surface area contributed by atoms with E-state index in [9.17, 15) is 9.59 Å². The predicted molar refractivity (Wildman–Crippen MR) is 182 cm³/mol. The van der Waals surface area contributed by atoms with Gasteiger partial charge in [-0.15, -0.1) is 11.8 Å². The van der Waals surface area contributed by atoms with Crippen LogP contribution in [0.2, 0.25) is 0 Å². The van der Waals surface area contributed by atoms with E-state index in [0.717, 1.165) is 64.3 Å². The normalized spacial score (nSPS) is 20.5. The first-order valence-electron chi connectivity index (χ1n) is 15.9. The second-order valence-electron chi connectivity index (χ2n) is 14.2. The Kier molecular flexibility index (Phi) is 8.33. The average molecular weight is 645 g/mol. The Morgan fingerprint density at radius 1 is 0.913 bits per heavy atom. The van der Waals surface area contributed by atoms with Gasteiger partial charge in [0.1, 0.15) is 27.7 Å². The van der Waals surface area contributed by atoms with Gasteiger partial charge in [0.25, 0.3) is 0 Å². The average Bonchev–Trinajstić information content (AvgIpc) is 3.80. The van der Waals surface area contributed by atoms with E-state index < -0.39 is 16.1 Å². The van der Waals surface area contributed by atoms with Crippen molar-refractivity contribution in [1.29, 1.82) is 0 Å². The summed E-state index contributed by atoms with van der Waals surface area (Å²) in [5.74, 6) is 1.81. The van der Waals surface area contributed by atoms with Gasteiger partial charge in [-0.25, -0.2) is 19.6 Å². The number of hydrogen-bond donors (Lipinski definition) is 2. The minimum atomic E-state index is -0.592. The molecule has 244 valence electrons. The minimum Gasteiger partial charge on any atom is -0.444 e. The molecule has 0 spiro atoms. The number of benzene rings is 2. The fourth-order valence-electron chi connectivity index (χ4n) is 6.29. The van der Waals surface area contributed by atoms with Crippen molar-refractivity contribution in [3.05, 3.63) is 60.3 Å². The molecule has 2 unspecified atom stereocenters. The van der Waals surface area contributed by atoms with Crippen LogP contribution >= 0.6 is 11.8 Å². The van der Waals surface area contributed by atoms with Gasteiger partial charge in [0.15, 0.2) is 0 Å². The highest BCUT2D eigenvalue weighted by atomic mass is 32.2. The zero-order valence-electron chi connectivity index (χ0n) is 27.8. The Labute approximate surface area is 274 Å². The van der Waals surface area contributed by atoms with Crippen LogP contribution in [0, 0.1) is 0 Å². The highest BCUT2D eigenvalue weighted by molar-refractivity contribution is 7.99. The Morgan fingerprint density at radius 2 is 1.59 bits per heavy atom. The van der Waals surface area contributed by atoms with Crippen LogP contribution in [0.4, 0.5) is 9.59 Å². The molecule has 11 heteroatoms. The molecular weight excluding hydrogens is 600 g/mol. The molecule has 2 amide bonds. The largest absolute Gasteiger partial charge is 0.444 e. The van der Waals surface area contributed by atoms with Crippen LogP contribution < -0.4 is 0 Å². The molecule has 46 heavy (non-hydrogen) atoms. The quantitative estimate of drug-likeness (QED) is 0.227. The molecule has 0 bridgehead atoms. The van der Waals surface area contributed by atoms with E-state index in [2.05, 4.69) is 46.4 Å². The summed E-state index contributed by atoms with van der Waals surface area (Å²) < 4.78 is 11.3. The SMILES string of the molecule is CSC1(c2ncc(-c3ccc(-c4ccc5nc(C6CCN(C(=O)OC(C)(C)C)C6)[nH]c5c4)cc3)[nH]2)CCCN1C(=O)OC(C)(C)C. The number of rotatable bonds is 5. The Balaban J connectivity index is 1.16. The first-order chi connectivity index (χ1) is 21.7. The molecule has 2 aliphatic rings. The number of aromatic amines is 2. The summed E-state index contributed by atoms with van der Waals surface area (Å²) in [6.45, 7) is 13.2. The molecule has 2 aromatic heterocycles. The third-order valence-corrected chi connectivity index (χ3v) is 9.78. The molecule has 6 rings (SSSR count). The number of ether oxygens (including phenoxy) is 2. The van der Waals surface area contributed by atoms with Crippen molar-refractivity contribution in [2.75, 3.05) is 25.9 Å². The van der Waals surface area contributed by atoms with E-state index in [1.165, 1.54) is 0 Å². The minimum absolute atomic E-state index is 0.146. The molecule has 4 heterocycles. The Hall–Kier alpha value is -3.99. The van der Waals surface area contributed by atoms with Crippen molar-refractivity contribution in [3.8, 4) is 22.4 Å². The number of aromatic nitrogens is 4. The van der Waals surface area contributed by atoms with Gasteiger partial charge >= 0.3 is 12.2 Å². The summed E-state index contributed by atoms with van der Waals surface area (Å²) in [4.78, 5) is 45.3. The maximum Gasteiger partial charge on any atom is 0.411 e. The molecular formula is C35H44N6O4S.